The van der Waals surface area contributed by atoms with E-state index in [1.807, 2.05) is 6.92 Å². The maximum Gasteiger partial charge on any atom is 0.305 e. The molecule has 0 atom stereocenters. The van der Waals surface area contributed by atoms with Gasteiger partial charge in [0.1, 0.15) is 11.5 Å². The molecule has 134 valence electrons. The van der Waals surface area contributed by atoms with Crippen molar-refractivity contribution >= 4 is 11.9 Å². The van der Waals surface area contributed by atoms with Crippen LogP contribution in [0.15, 0.2) is 18.2 Å². The molecule has 6 heteroatoms. The minimum atomic E-state index is -0.431. The molecule has 6 nitrogen and oxygen atoms in total. The number of carbonyl (C=O) groups excluding carboxylic acids is 2. The van der Waals surface area contributed by atoms with Gasteiger partial charge in [-0.05, 0) is 37.2 Å². The lowest BCUT2D eigenvalue weighted by molar-refractivity contribution is -0.141. The monoisotopic (exact) mass is 338 g/mol. The summed E-state index contributed by atoms with van der Waals surface area (Å²) in [7, 11) is 2.70. The number of hydrogen-bond acceptors (Lipinski definition) is 6. The summed E-state index contributed by atoms with van der Waals surface area (Å²) < 4.78 is 9.31. The Balaban J connectivity index is 2.88. The zero-order valence-corrected chi connectivity index (χ0v) is 14.5. The molecule has 24 heavy (non-hydrogen) atoms. The fraction of sp³-hybridized carbons (Fsp3) is 0.556. The van der Waals surface area contributed by atoms with Gasteiger partial charge in [-0.1, -0.05) is 13.0 Å². The molecule has 0 radical (unpaired) electrons. The molecule has 0 fully saturated rings. The third kappa shape index (κ3) is 5.76. The van der Waals surface area contributed by atoms with Crippen molar-refractivity contribution < 1.29 is 29.3 Å². The van der Waals surface area contributed by atoms with E-state index < -0.39 is 5.41 Å². The van der Waals surface area contributed by atoms with Gasteiger partial charge in [0.05, 0.1) is 14.2 Å². The molecule has 0 saturated carbocycles. The predicted molar refractivity (Wildman–Crippen MR) is 88.9 cm³/mol. The second kappa shape index (κ2) is 9.15. The van der Waals surface area contributed by atoms with Crippen LogP contribution in [-0.2, 0) is 24.5 Å². The minimum Gasteiger partial charge on any atom is -0.508 e. The molecular weight excluding hydrogens is 312 g/mol. The standard InChI is InChI=1S/C18H26O6/c1-18(10-4-6-16(21)23-2,11-5-7-17(22)24-3)14-9-8-13(19)12-15(14)20/h8-9,12,19-20H,4-7,10-11H2,1-3H3. The average molecular weight is 338 g/mol. The average Bonchev–Trinajstić information content (AvgIpc) is 2.54. The van der Waals surface area contributed by atoms with Gasteiger partial charge in [-0.2, -0.15) is 0 Å². The van der Waals surface area contributed by atoms with Gasteiger partial charge in [0.15, 0.2) is 0 Å². The Morgan fingerprint density at radius 1 is 1.00 bits per heavy atom. The summed E-state index contributed by atoms with van der Waals surface area (Å²) in [5.74, 6) is -0.556. The summed E-state index contributed by atoms with van der Waals surface area (Å²) in [5.41, 5.74) is 0.259. The number of carbonyl (C=O) groups is 2. The highest BCUT2D eigenvalue weighted by Crippen LogP contribution is 2.40. The Bertz CT molecular complexity index is 545. The van der Waals surface area contributed by atoms with Crippen LogP contribution in [-0.4, -0.2) is 36.4 Å². The molecule has 0 heterocycles. The number of phenolic OH excluding ortho intramolecular Hbond substituents is 2. The van der Waals surface area contributed by atoms with Gasteiger partial charge in [-0.25, -0.2) is 0 Å². The van der Waals surface area contributed by atoms with E-state index in [2.05, 4.69) is 9.47 Å². The summed E-state index contributed by atoms with van der Waals surface area (Å²) >= 11 is 0. The highest BCUT2D eigenvalue weighted by atomic mass is 16.5. The molecule has 0 unspecified atom stereocenters. The molecule has 1 aromatic carbocycles. The second-order valence-corrected chi connectivity index (χ2v) is 6.12. The molecule has 1 aromatic rings. The van der Waals surface area contributed by atoms with Crippen LogP contribution in [0.3, 0.4) is 0 Å². The number of hydrogen-bond donors (Lipinski definition) is 2. The lowest BCUT2D eigenvalue weighted by Gasteiger charge is -2.31. The minimum absolute atomic E-state index is 0.00800. The van der Waals surface area contributed by atoms with Crippen LogP contribution in [0.1, 0.15) is 51.0 Å². The number of methoxy groups -OCH3 is 2. The molecule has 0 bridgehead atoms. The van der Waals surface area contributed by atoms with Gasteiger partial charge in [0.2, 0.25) is 0 Å². The van der Waals surface area contributed by atoms with E-state index in [0.717, 1.165) is 0 Å². The van der Waals surface area contributed by atoms with Gasteiger partial charge in [0.25, 0.3) is 0 Å². The largest absolute Gasteiger partial charge is 0.508 e. The number of benzene rings is 1. The first kappa shape index (κ1) is 19.8. The van der Waals surface area contributed by atoms with E-state index in [-0.39, 0.29) is 23.4 Å². The van der Waals surface area contributed by atoms with E-state index in [1.165, 1.54) is 26.4 Å². The maximum atomic E-state index is 11.3. The van der Waals surface area contributed by atoms with E-state index in [4.69, 9.17) is 0 Å². The number of ether oxygens (including phenoxy) is 2. The lowest BCUT2D eigenvalue weighted by atomic mass is 9.74. The smallest absolute Gasteiger partial charge is 0.305 e. The SMILES string of the molecule is COC(=O)CCCC(C)(CCCC(=O)OC)c1ccc(O)cc1O. The van der Waals surface area contributed by atoms with Crippen LogP contribution >= 0.6 is 0 Å². The van der Waals surface area contributed by atoms with Crippen LogP contribution in [0, 0.1) is 0 Å². The fourth-order valence-corrected chi connectivity index (χ4v) is 2.87. The summed E-state index contributed by atoms with van der Waals surface area (Å²) in [6.45, 7) is 1.98. The number of esters is 2. The van der Waals surface area contributed by atoms with Crippen molar-refractivity contribution in [3.63, 3.8) is 0 Å². The molecule has 0 saturated heterocycles. The van der Waals surface area contributed by atoms with Crippen molar-refractivity contribution in [1.82, 2.24) is 0 Å². The molecule has 0 aromatic heterocycles. The number of rotatable bonds is 9. The zero-order valence-electron chi connectivity index (χ0n) is 14.5. The van der Waals surface area contributed by atoms with Crippen LogP contribution < -0.4 is 0 Å². The van der Waals surface area contributed by atoms with Crippen LogP contribution in [0.4, 0.5) is 0 Å². The van der Waals surface area contributed by atoms with Gasteiger partial charge < -0.3 is 19.7 Å². The molecule has 1 rings (SSSR count). The van der Waals surface area contributed by atoms with Crippen LogP contribution in [0.25, 0.3) is 0 Å². The van der Waals surface area contributed by atoms with E-state index in [0.29, 0.717) is 44.1 Å². The van der Waals surface area contributed by atoms with E-state index in [9.17, 15) is 19.8 Å². The Hall–Kier alpha value is -2.24. The lowest BCUT2D eigenvalue weighted by Crippen LogP contribution is -2.23. The summed E-state index contributed by atoms with van der Waals surface area (Å²) in [6, 6.07) is 4.50. The third-order valence-corrected chi connectivity index (χ3v) is 4.31. The second-order valence-electron chi connectivity index (χ2n) is 6.12. The first-order valence-electron chi connectivity index (χ1n) is 7.98. The summed E-state index contributed by atoms with van der Waals surface area (Å²) in [5, 5.41) is 19.7. The Morgan fingerprint density at radius 2 is 1.50 bits per heavy atom. The maximum absolute atomic E-state index is 11.3. The molecule has 0 aliphatic rings. The highest BCUT2D eigenvalue weighted by molar-refractivity contribution is 5.69. The fourth-order valence-electron chi connectivity index (χ4n) is 2.87. The molecule has 0 amide bonds. The summed E-state index contributed by atoms with van der Waals surface area (Å²) in [6.07, 6.45) is 3.07. The van der Waals surface area contributed by atoms with Crippen molar-refractivity contribution in [2.24, 2.45) is 0 Å². The Labute approximate surface area is 142 Å². The molecule has 2 N–H and O–H groups in total. The first-order chi connectivity index (χ1) is 11.3. The molecule has 0 spiro atoms. The normalized spacial score (nSPS) is 11.1. The van der Waals surface area contributed by atoms with E-state index >= 15 is 0 Å². The molecule has 0 aliphatic heterocycles. The van der Waals surface area contributed by atoms with Gasteiger partial charge in [-0.3, -0.25) is 9.59 Å². The third-order valence-electron chi connectivity index (χ3n) is 4.31. The van der Waals surface area contributed by atoms with Gasteiger partial charge in [-0.15, -0.1) is 0 Å². The number of aromatic hydroxyl groups is 2. The van der Waals surface area contributed by atoms with Crippen molar-refractivity contribution in [3.05, 3.63) is 23.8 Å². The first-order valence-corrected chi connectivity index (χ1v) is 7.98. The Morgan fingerprint density at radius 3 is 1.92 bits per heavy atom. The van der Waals surface area contributed by atoms with Crippen molar-refractivity contribution in [2.75, 3.05) is 14.2 Å². The van der Waals surface area contributed by atoms with Crippen LogP contribution in [0.2, 0.25) is 0 Å². The topological polar surface area (TPSA) is 93.1 Å². The van der Waals surface area contributed by atoms with Gasteiger partial charge >= 0.3 is 11.9 Å². The van der Waals surface area contributed by atoms with Gasteiger partial charge in [0, 0.05) is 24.5 Å². The zero-order chi connectivity index (χ0) is 18.2. The summed E-state index contributed by atoms with van der Waals surface area (Å²) in [4.78, 5) is 22.6. The molecule has 0 aliphatic carbocycles. The van der Waals surface area contributed by atoms with Crippen molar-refractivity contribution in [2.45, 2.75) is 50.9 Å². The van der Waals surface area contributed by atoms with Crippen molar-refractivity contribution in [3.8, 4) is 11.5 Å². The molecular formula is C18H26O6. The quantitative estimate of drug-likeness (QED) is 0.672. The Kier molecular flexibility index (Phi) is 7.55. The van der Waals surface area contributed by atoms with E-state index in [1.54, 1.807) is 6.07 Å². The van der Waals surface area contributed by atoms with Crippen LogP contribution in [0.5, 0.6) is 11.5 Å². The number of phenols is 2. The predicted octanol–water partition coefficient (Wildman–Crippen LogP) is 3.04. The van der Waals surface area contributed by atoms with Crippen molar-refractivity contribution in [1.29, 1.82) is 0 Å². The highest BCUT2D eigenvalue weighted by Gasteiger charge is 2.29.